The number of aromatic amines is 1. The van der Waals surface area contributed by atoms with Crippen LogP contribution in [0.15, 0.2) is 42.5 Å². The third-order valence-corrected chi connectivity index (χ3v) is 5.10. The number of H-pyrrole nitrogens is 1. The zero-order valence-electron chi connectivity index (χ0n) is 17.3. The molecule has 2 N–H and O–H groups in total. The molecule has 3 aromatic rings. The van der Waals surface area contributed by atoms with Crippen LogP contribution in [0.4, 0.5) is 0 Å². The van der Waals surface area contributed by atoms with Crippen LogP contribution in [0.25, 0.3) is 11.0 Å². The molecule has 0 bridgehead atoms. The summed E-state index contributed by atoms with van der Waals surface area (Å²) in [5, 5.41) is 3.05. The predicted molar refractivity (Wildman–Crippen MR) is 112 cm³/mol. The second kappa shape index (κ2) is 7.43. The first-order valence-corrected chi connectivity index (χ1v) is 10.00. The largest absolute Gasteiger partial charge is 0.483 e. The van der Waals surface area contributed by atoms with Gasteiger partial charge in [-0.3, -0.25) is 4.79 Å². The quantitative estimate of drug-likeness (QED) is 0.659. The van der Waals surface area contributed by atoms with Crippen molar-refractivity contribution >= 4 is 16.9 Å². The van der Waals surface area contributed by atoms with Crippen LogP contribution in [-0.4, -0.2) is 28.1 Å². The second-order valence-corrected chi connectivity index (χ2v) is 8.50. The number of carbonyl (C=O) groups is 1. The molecule has 4 rings (SSSR count). The Hall–Kier alpha value is -3.02. The van der Waals surface area contributed by atoms with Crippen LogP contribution < -0.4 is 14.8 Å². The highest BCUT2D eigenvalue weighted by Crippen LogP contribution is 2.41. The van der Waals surface area contributed by atoms with E-state index in [1.807, 2.05) is 56.3 Å². The number of hydrogen-bond acceptors (Lipinski definition) is 4. The Morgan fingerprint density at radius 3 is 2.79 bits per heavy atom. The van der Waals surface area contributed by atoms with Gasteiger partial charge in [0.15, 0.2) is 18.1 Å². The lowest BCUT2D eigenvalue weighted by Gasteiger charge is -2.21. The van der Waals surface area contributed by atoms with Crippen molar-refractivity contribution in [2.24, 2.45) is 5.92 Å². The molecule has 1 aliphatic rings. The zero-order valence-corrected chi connectivity index (χ0v) is 17.3. The fourth-order valence-electron chi connectivity index (χ4n) is 3.73. The van der Waals surface area contributed by atoms with Crippen molar-refractivity contribution in [3.63, 3.8) is 0 Å². The van der Waals surface area contributed by atoms with Gasteiger partial charge in [0.25, 0.3) is 5.91 Å². The van der Waals surface area contributed by atoms with E-state index in [1.54, 1.807) is 0 Å². The molecule has 1 atom stereocenters. The minimum Gasteiger partial charge on any atom is -0.483 e. The van der Waals surface area contributed by atoms with E-state index in [4.69, 9.17) is 9.47 Å². The van der Waals surface area contributed by atoms with Crippen molar-refractivity contribution in [3.8, 4) is 11.5 Å². The fraction of sp³-hybridized carbons (Fsp3) is 0.391. The Morgan fingerprint density at radius 2 is 2.03 bits per heavy atom. The molecule has 0 saturated heterocycles. The summed E-state index contributed by atoms with van der Waals surface area (Å²) in [6.07, 6.45) is 0.827. The van der Waals surface area contributed by atoms with Crippen molar-refractivity contribution in [1.29, 1.82) is 0 Å². The van der Waals surface area contributed by atoms with Crippen LogP contribution in [-0.2, 0) is 11.2 Å². The van der Waals surface area contributed by atoms with Gasteiger partial charge in [-0.1, -0.05) is 38.1 Å². The summed E-state index contributed by atoms with van der Waals surface area (Å²) in [7, 11) is 0. The number of hydrogen-bond donors (Lipinski definition) is 2. The number of imidazole rings is 1. The fourth-order valence-corrected chi connectivity index (χ4v) is 3.73. The SMILES string of the molecule is CC(C)C(NC(=O)COc1cccc2c1OC(C)(C)C2)c1nc2ccccc2[nH]1. The maximum atomic E-state index is 12.6. The van der Waals surface area contributed by atoms with Crippen molar-refractivity contribution < 1.29 is 14.3 Å². The number of rotatable bonds is 6. The number of fused-ring (bicyclic) bond motifs is 2. The summed E-state index contributed by atoms with van der Waals surface area (Å²) < 4.78 is 11.8. The first-order chi connectivity index (χ1) is 13.8. The molecule has 1 aliphatic heterocycles. The summed E-state index contributed by atoms with van der Waals surface area (Å²) in [5.74, 6) is 2.07. The van der Waals surface area contributed by atoms with Crippen LogP contribution >= 0.6 is 0 Å². The molecule has 0 saturated carbocycles. The van der Waals surface area contributed by atoms with Crippen LogP contribution in [0.2, 0.25) is 0 Å². The van der Waals surface area contributed by atoms with Gasteiger partial charge in [-0.2, -0.15) is 0 Å². The molecule has 2 heterocycles. The average molecular weight is 393 g/mol. The van der Waals surface area contributed by atoms with E-state index in [9.17, 15) is 4.79 Å². The molecule has 0 radical (unpaired) electrons. The number of ether oxygens (including phenoxy) is 2. The molecule has 2 aromatic carbocycles. The number of aromatic nitrogens is 2. The Kier molecular flexibility index (Phi) is 4.94. The molecule has 29 heavy (non-hydrogen) atoms. The lowest BCUT2D eigenvalue weighted by Crippen LogP contribution is -2.35. The van der Waals surface area contributed by atoms with Crippen molar-refractivity contribution in [3.05, 3.63) is 53.9 Å². The van der Waals surface area contributed by atoms with E-state index < -0.39 is 0 Å². The molecule has 6 nitrogen and oxygen atoms in total. The maximum absolute atomic E-state index is 12.6. The second-order valence-electron chi connectivity index (χ2n) is 8.50. The van der Waals surface area contributed by atoms with Crippen LogP contribution in [0.3, 0.4) is 0 Å². The molecule has 1 unspecified atom stereocenters. The maximum Gasteiger partial charge on any atom is 0.258 e. The summed E-state index contributed by atoms with van der Waals surface area (Å²) in [5.41, 5.74) is 2.69. The lowest BCUT2D eigenvalue weighted by molar-refractivity contribution is -0.124. The highest BCUT2D eigenvalue weighted by Gasteiger charge is 2.32. The van der Waals surface area contributed by atoms with Crippen molar-refractivity contribution in [2.75, 3.05) is 6.61 Å². The topological polar surface area (TPSA) is 76.2 Å². The Balaban J connectivity index is 1.44. The van der Waals surface area contributed by atoms with E-state index in [2.05, 4.69) is 29.1 Å². The van der Waals surface area contributed by atoms with Crippen molar-refractivity contribution in [1.82, 2.24) is 15.3 Å². The standard InChI is InChI=1S/C23H27N3O3/c1-14(2)20(22-24-16-9-5-6-10-17(16)25-22)26-19(27)13-28-18-11-7-8-15-12-23(3,4)29-21(15)18/h5-11,14,20H,12-13H2,1-4H3,(H,24,25)(H,26,27). The molecule has 0 spiro atoms. The number of amides is 1. The minimum atomic E-state index is -0.256. The average Bonchev–Trinajstić information content (AvgIpc) is 3.23. The van der Waals surface area contributed by atoms with Gasteiger partial charge in [0.2, 0.25) is 0 Å². The summed E-state index contributed by atoms with van der Waals surface area (Å²) >= 11 is 0. The van der Waals surface area contributed by atoms with Gasteiger partial charge in [-0.25, -0.2) is 4.98 Å². The molecular weight excluding hydrogens is 366 g/mol. The zero-order chi connectivity index (χ0) is 20.6. The third-order valence-electron chi connectivity index (χ3n) is 5.10. The van der Waals surface area contributed by atoms with Crippen LogP contribution in [0, 0.1) is 5.92 Å². The number of benzene rings is 2. The van der Waals surface area contributed by atoms with Crippen molar-refractivity contribution in [2.45, 2.75) is 45.8 Å². The predicted octanol–water partition coefficient (Wildman–Crippen LogP) is 4.17. The number of carbonyl (C=O) groups excluding carboxylic acids is 1. The van der Waals surface area contributed by atoms with E-state index in [1.165, 1.54) is 0 Å². The first-order valence-electron chi connectivity index (χ1n) is 10.00. The smallest absolute Gasteiger partial charge is 0.258 e. The molecular formula is C23H27N3O3. The Labute approximate surface area is 170 Å². The van der Waals surface area contributed by atoms with E-state index in [0.29, 0.717) is 5.75 Å². The Morgan fingerprint density at radius 1 is 1.24 bits per heavy atom. The monoisotopic (exact) mass is 393 g/mol. The van der Waals surface area contributed by atoms with E-state index in [0.717, 1.165) is 34.6 Å². The summed E-state index contributed by atoms with van der Waals surface area (Å²) in [4.78, 5) is 20.6. The third kappa shape index (κ3) is 4.06. The lowest BCUT2D eigenvalue weighted by atomic mass is 10.0. The molecule has 6 heteroatoms. The number of para-hydroxylation sites is 3. The van der Waals surface area contributed by atoms with Gasteiger partial charge in [0.05, 0.1) is 17.1 Å². The molecule has 152 valence electrons. The minimum absolute atomic E-state index is 0.0797. The van der Waals surface area contributed by atoms with Gasteiger partial charge in [0.1, 0.15) is 11.4 Å². The van der Waals surface area contributed by atoms with Gasteiger partial charge in [0, 0.05) is 12.0 Å². The number of nitrogens with one attached hydrogen (secondary N) is 2. The van der Waals surface area contributed by atoms with E-state index >= 15 is 0 Å². The Bertz CT molecular complexity index is 1010. The molecule has 1 amide bonds. The summed E-state index contributed by atoms with van der Waals surface area (Å²) in [6.45, 7) is 8.12. The highest BCUT2D eigenvalue weighted by molar-refractivity contribution is 5.79. The number of nitrogens with zero attached hydrogens (tertiary/aromatic N) is 1. The highest BCUT2D eigenvalue weighted by atomic mass is 16.5. The van der Waals surface area contributed by atoms with Gasteiger partial charge >= 0.3 is 0 Å². The van der Waals surface area contributed by atoms with Crippen LogP contribution in [0.1, 0.15) is 45.1 Å². The van der Waals surface area contributed by atoms with Gasteiger partial charge in [-0.15, -0.1) is 0 Å². The van der Waals surface area contributed by atoms with E-state index in [-0.39, 0.29) is 30.1 Å². The molecule has 0 aliphatic carbocycles. The van der Waals surface area contributed by atoms with Gasteiger partial charge in [-0.05, 0) is 38.0 Å². The normalized spacial score (nSPS) is 15.8. The molecule has 0 fully saturated rings. The van der Waals surface area contributed by atoms with Crippen LogP contribution in [0.5, 0.6) is 11.5 Å². The summed E-state index contributed by atoms with van der Waals surface area (Å²) in [6, 6.07) is 13.4. The molecule has 1 aromatic heterocycles. The first kappa shape index (κ1) is 19.3. The van der Waals surface area contributed by atoms with Gasteiger partial charge < -0.3 is 19.8 Å².